The Balaban J connectivity index is 1.28. The summed E-state index contributed by atoms with van der Waals surface area (Å²) in [4.78, 5) is 38.8. The predicted molar refractivity (Wildman–Crippen MR) is 127 cm³/mol. The second kappa shape index (κ2) is 10.7. The van der Waals surface area contributed by atoms with Gasteiger partial charge in [0.2, 0.25) is 0 Å². The van der Waals surface area contributed by atoms with Crippen LogP contribution in [0.5, 0.6) is 11.5 Å². The summed E-state index contributed by atoms with van der Waals surface area (Å²) in [5.74, 6) is -0.419. The largest absolute Gasteiger partial charge is 0.481 e. The molecule has 3 aromatic carbocycles. The van der Waals surface area contributed by atoms with Crippen LogP contribution in [0.2, 0.25) is 0 Å². The highest BCUT2D eigenvalue weighted by Gasteiger charge is 2.13. The molecule has 1 aromatic heterocycles. The lowest BCUT2D eigenvalue weighted by atomic mass is 10.2. The Morgan fingerprint density at radius 1 is 1.03 bits per heavy atom. The summed E-state index contributed by atoms with van der Waals surface area (Å²) in [6.45, 7) is -0.237. The SMILES string of the molecule is O=C(COc1cccc2cccnc12)N/N=C\c1ccc(OC(=O)c2cccc([N+](=O)[O-])c2)cc1. The fraction of sp³-hybridized carbons (Fsp3) is 0.0400. The summed E-state index contributed by atoms with van der Waals surface area (Å²) in [5.41, 5.74) is 3.54. The highest BCUT2D eigenvalue weighted by molar-refractivity contribution is 5.92. The van der Waals surface area contributed by atoms with Crippen LogP contribution in [0.3, 0.4) is 0 Å². The number of esters is 1. The van der Waals surface area contributed by atoms with E-state index in [-0.39, 0.29) is 23.6 Å². The van der Waals surface area contributed by atoms with Crippen molar-refractivity contribution in [1.82, 2.24) is 10.4 Å². The van der Waals surface area contributed by atoms with Gasteiger partial charge in [-0.2, -0.15) is 5.10 Å². The number of rotatable bonds is 8. The number of nitro groups is 1. The number of hydrogen-bond acceptors (Lipinski definition) is 8. The molecule has 35 heavy (non-hydrogen) atoms. The lowest BCUT2D eigenvalue weighted by molar-refractivity contribution is -0.384. The van der Waals surface area contributed by atoms with Gasteiger partial charge in [-0.3, -0.25) is 19.9 Å². The molecule has 174 valence electrons. The molecule has 0 aliphatic rings. The van der Waals surface area contributed by atoms with Crippen LogP contribution in [-0.2, 0) is 4.79 Å². The van der Waals surface area contributed by atoms with Crippen LogP contribution in [0.15, 0.2) is 90.2 Å². The number of nitrogens with one attached hydrogen (secondary N) is 1. The van der Waals surface area contributed by atoms with Gasteiger partial charge in [0.05, 0.1) is 16.7 Å². The number of ether oxygens (including phenoxy) is 2. The number of aromatic nitrogens is 1. The number of benzene rings is 3. The number of hydrazone groups is 1. The third-order valence-corrected chi connectivity index (χ3v) is 4.74. The van der Waals surface area contributed by atoms with Gasteiger partial charge in [-0.25, -0.2) is 10.2 Å². The molecule has 0 fully saturated rings. The smallest absolute Gasteiger partial charge is 0.343 e. The number of pyridine rings is 1. The Morgan fingerprint density at radius 3 is 2.60 bits per heavy atom. The summed E-state index contributed by atoms with van der Waals surface area (Å²) >= 11 is 0. The van der Waals surface area contributed by atoms with Gasteiger partial charge in [-0.1, -0.05) is 24.3 Å². The maximum atomic E-state index is 12.2. The molecule has 0 aliphatic carbocycles. The van der Waals surface area contributed by atoms with Gasteiger partial charge in [-0.05, 0) is 48.0 Å². The maximum Gasteiger partial charge on any atom is 0.343 e. The maximum absolute atomic E-state index is 12.2. The average molecular weight is 470 g/mol. The average Bonchev–Trinajstić information content (AvgIpc) is 2.88. The standard InChI is InChI=1S/C25H18N4O6/c30-23(16-34-22-8-2-4-18-6-3-13-26-24(18)22)28-27-15-17-9-11-21(12-10-17)35-25(31)19-5-1-7-20(14-19)29(32)33/h1-15H,16H2,(H,28,30)/b27-15-. The van der Waals surface area contributed by atoms with E-state index in [1.165, 1.54) is 36.5 Å². The number of para-hydroxylation sites is 1. The highest BCUT2D eigenvalue weighted by Crippen LogP contribution is 2.22. The van der Waals surface area contributed by atoms with Crippen molar-refractivity contribution in [3.05, 3.63) is 106 Å². The molecule has 1 N–H and O–H groups in total. The number of hydrogen-bond donors (Lipinski definition) is 1. The van der Waals surface area contributed by atoms with Crippen molar-refractivity contribution in [3.63, 3.8) is 0 Å². The zero-order valence-electron chi connectivity index (χ0n) is 18.2. The predicted octanol–water partition coefficient (Wildman–Crippen LogP) is 3.89. The van der Waals surface area contributed by atoms with Gasteiger partial charge < -0.3 is 9.47 Å². The molecule has 10 nitrogen and oxygen atoms in total. The van der Waals surface area contributed by atoms with Crippen LogP contribution < -0.4 is 14.9 Å². The van der Waals surface area contributed by atoms with Crippen LogP contribution in [0.4, 0.5) is 5.69 Å². The van der Waals surface area contributed by atoms with Crippen molar-refractivity contribution >= 4 is 34.7 Å². The second-order valence-electron chi connectivity index (χ2n) is 7.18. The van der Waals surface area contributed by atoms with Crippen molar-refractivity contribution in [1.29, 1.82) is 0 Å². The zero-order chi connectivity index (χ0) is 24.6. The first-order valence-corrected chi connectivity index (χ1v) is 10.3. The Labute approximate surface area is 199 Å². The lowest BCUT2D eigenvalue weighted by Crippen LogP contribution is -2.24. The van der Waals surface area contributed by atoms with Gasteiger partial charge in [0.25, 0.3) is 11.6 Å². The third kappa shape index (κ3) is 6.02. The quantitative estimate of drug-likeness (QED) is 0.136. The Kier molecular flexibility index (Phi) is 7.02. The number of carbonyl (C=O) groups is 2. The molecule has 4 rings (SSSR count). The molecule has 0 atom stereocenters. The number of carbonyl (C=O) groups excluding carboxylic acids is 2. The molecular formula is C25H18N4O6. The summed E-state index contributed by atoms with van der Waals surface area (Å²) in [6, 6.07) is 20.8. The molecule has 1 heterocycles. The van der Waals surface area contributed by atoms with E-state index in [1.807, 2.05) is 24.3 Å². The summed E-state index contributed by atoms with van der Waals surface area (Å²) in [6.07, 6.45) is 3.07. The van der Waals surface area contributed by atoms with Gasteiger partial charge in [0, 0.05) is 23.7 Å². The summed E-state index contributed by atoms with van der Waals surface area (Å²) < 4.78 is 10.8. The number of nitro benzene ring substituents is 1. The van der Waals surface area contributed by atoms with Crippen molar-refractivity contribution < 1.29 is 24.0 Å². The minimum absolute atomic E-state index is 0.0639. The fourth-order valence-electron chi connectivity index (χ4n) is 3.08. The van der Waals surface area contributed by atoms with E-state index in [2.05, 4.69) is 15.5 Å². The molecule has 10 heteroatoms. The van der Waals surface area contributed by atoms with Crippen molar-refractivity contribution in [3.8, 4) is 11.5 Å². The Morgan fingerprint density at radius 2 is 1.80 bits per heavy atom. The molecule has 0 radical (unpaired) electrons. The highest BCUT2D eigenvalue weighted by atomic mass is 16.6. The monoisotopic (exact) mass is 470 g/mol. The zero-order valence-corrected chi connectivity index (χ0v) is 18.2. The van der Waals surface area contributed by atoms with Crippen LogP contribution in [0.1, 0.15) is 15.9 Å². The molecule has 0 saturated carbocycles. The number of amides is 1. The lowest BCUT2D eigenvalue weighted by Gasteiger charge is -2.07. The molecule has 0 bridgehead atoms. The van der Waals surface area contributed by atoms with E-state index in [4.69, 9.17) is 9.47 Å². The van der Waals surface area contributed by atoms with Crippen LogP contribution >= 0.6 is 0 Å². The van der Waals surface area contributed by atoms with Gasteiger partial charge in [0.1, 0.15) is 17.0 Å². The van der Waals surface area contributed by atoms with Crippen LogP contribution in [-0.4, -0.2) is 34.6 Å². The minimum atomic E-state index is -0.719. The second-order valence-corrected chi connectivity index (χ2v) is 7.18. The van der Waals surface area contributed by atoms with Crippen molar-refractivity contribution in [2.45, 2.75) is 0 Å². The number of non-ortho nitro benzene ring substituents is 1. The third-order valence-electron chi connectivity index (χ3n) is 4.74. The molecule has 0 spiro atoms. The van der Waals surface area contributed by atoms with E-state index in [9.17, 15) is 19.7 Å². The van der Waals surface area contributed by atoms with Gasteiger partial charge >= 0.3 is 5.97 Å². The molecule has 0 saturated heterocycles. The molecule has 0 aliphatic heterocycles. The van der Waals surface area contributed by atoms with E-state index >= 15 is 0 Å². The summed E-state index contributed by atoms with van der Waals surface area (Å²) in [5, 5.41) is 15.6. The van der Waals surface area contributed by atoms with Crippen LogP contribution in [0, 0.1) is 10.1 Å². The van der Waals surface area contributed by atoms with Crippen LogP contribution in [0.25, 0.3) is 10.9 Å². The molecule has 0 unspecified atom stereocenters. The van der Waals surface area contributed by atoms with E-state index in [1.54, 1.807) is 24.4 Å². The fourth-order valence-corrected chi connectivity index (χ4v) is 3.08. The minimum Gasteiger partial charge on any atom is -0.481 e. The Bertz CT molecular complexity index is 1410. The van der Waals surface area contributed by atoms with Gasteiger partial charge in [-0.15, -0.1) is 0 Å². The molecular weight excluding hydrogens is 452 g/mol. The topological polar surface area (TPSA) is 133 Å². The summed E-state index contributed by atoms with van der Waals surface area (Å²) in [7, 11) is 0. The Hall–Kier alpha value is -5.12. The van der Waals surface area contributed by atoms with E-state index in [0.29, 0.717) is 16.8 Å². The normalized spacial score (nSPS) is 10.7. The molecule has 4 aromatic rings. The van der Waals surface area contributed by atoms with E-state index < -0.39 is 16.8 Å². The van der Waals surface area contributed by atoms with E-state index in [0.717, 1.165) is 11.5 Å². The van der Waals surface area contributed by atoms with Crippen molar-refractivity contribution in [2.75, 3.05) is 6.61 Å². The van der Waals surface area contributed by atoms with Crippen molar-refractivity contribution in [2.24, 2.45) is 5.10 Å². The number of nitrogens with zero attached hydrogens (tertiary/aromatic N) is 3. The van der Waals surface area contributed by atoms with Gasteiger partial charge in [0.15, 0.2) is 6.61 Å². The molecule has 1 amide bonds. The first-order chi connectivity index (χ1) is 17.0. The first-order valence-electron chi connectivity index (χ1n) is 10.3. The number of fused-ring (bicyclic) bond motifs is 1. The first kappa shape index (κ1) is 23.1.